The van der Waals surface area contributed by atoms with Crippen LogP contribution in [0.5, 0.6) is 0 Å². The molecule has 0 fully saturated rings. The summed E-state index contributed by atoms with van der Waals surface area (Å²) in [5.41, 5.74) is 1.30. The molecule has 0 atom stereocenters. The Hall–Kier alpha value is -0.410. The molecule has 0 amide bonds. The Balaban J connectivity index is 2.89. The minimum absolute atomic E-state index is 0.548. The summed E-state index contributed by atoms with van der Waals surface area (Å²) >= 11 is 1.86. The normalized spacial score (nSPS) is 11.7. The maximum Gasteiger partial charge on any atom is 0.0957 e. The maximum atomic E-state index is 4.75. The van der Waals surface area contributed by atoms with Crippen LogP contribution < -0.4 is 5.32 Å². The Bertz CT molecular complexity index is 303. The van der Waals surface area contributed by atoms with Gasteiger partial charge in [-0.15, -0.1) is 11.3 Å². The molecule has 86 valence electrons. The fourth-order valence-corrected chi connectivity index (χ4v) is 2.60. The summed E-state index contributed by atoms with van der Waals surface area (Å²) in [6.07, 6.45) is 1.10. The van der Waals surface area contributed by atoms with Crippen molar-refractivity contribution in [3.05, 3.63) is 15.6 Å². The molecular weight excluding hydrogens is 204 g/mol. The second-order valence-corrected chi connectivity index (χ2v) is 5.82. The Morgan fingerprint density at radius 2 is 1.93 bits per heavy atom. The highest BCUT2D eigenvalue weighted by molar-refractivity contribution is 7.11. The van der Waals surface area contributed by atoms with E-state index in [1.165, 1.54) is 15.6 Å². The topological polar surface area (TPSA) is 24.9 Å². The number of aromatic nitrogens is 1. The molecule has 0 aliphatic rings. The van der Waals surface area contributed by atoms with E-state index in [0.717, 1.165) is 13.0 Å². The van der Waals surface area contributed by atoms with Gasteiger partial charge >= 0.3 is 0 Å². The van der Waals surface area contributed by atoms with Crippen molar-refractivity contribution in [3.8, 4) is 0 Å². The first-order valence-electron chi connectivity index (χ1n) is 5.67. The van der Waals surface area contributed by atoms with Crippen LogP contribution in [-0.4, -0.2) is 12.0 Å². The molecule has 0 saturated carbocycles. The number of hydrogen-bond donors (Lipinski definition) is 1. The Kier molecular flexibility index (Phi) is 4.74. The molecule has 0 aromatic carbocycles. The molecule has 0 aliphatic heterocycles. The van der Waals surface area contributed by atoms with Crippen molar-refractivity contribution < 1.29 is 0 Å². The molecular formula is C12H22N2S. The molecule has 1 rings (SSSR count). The number of nitrogens with one attached hydrogen (secondary N) is 1. The lowest BCUT2D eigenvalue weighted by atomic mass is 10.1. The van der Waals surface area contributed by atoms with E-state index in [-0.39, 0.29) is 0 Å². The van der Waals surface area contributed by atoms with Gasteiger partial charge in [-0.25, -0.2) is 4.98 Å². The van der Waals surface area contributed by atoms with E-state index in [4.69, 9.17) is 4.98 Å². The van der Waals surface area contributed by atoms with Gasteiger partial charge in [-0.2, -0.15) is 0 Å². The summed E-state index contributed by atoms with van der Waals surface area (Å²) in [6.45, 7) is 9.86. The van der Waals surface area contributed by atoms with E-state index in [0.29, 0.717) is 11.8 Å². The summed E-state index contributed by atoms with van der Waals surface area (Å²) in [7, 11) is 1.99. The summed E-state index contributed by atoms with van der Waals surface area (Å²) < 4.78 is 0. The molecule has 0 radical (unpaired) electrons. The van der Waals surface area contributed by atoms with Crippen molar-refractivity contribution in [1.82, 2.24) is 10.3 Å². The molecule has 3 heteroatoms. The molecule has 0 spiro atoms. The molecule has 1 N–H and O–H groups in total. The molecule has 15 heavy (non-hydrogen) atoms. The highest BCUT2D eigenvalue weighted by Gasteiger charge is 2.13. The van der Waals surface area contributed by atoms with Crippen LogP contribution in [-0.2, 0) is 13.0 Å². The zero-order valence-corrected chi connectivity index (χ0v) is 11.2. The largest absolute Gasteiger partial charge is 0.315 e. The van der Waals surface area contributed by atoms with Crippen LogP contribution in [0.15, 0.2) is 0 Å². The first kappa shape index (κ1) is 12.7. The maximum absolute atomic E-state index is 4.75. The fourth-order valence-electron chi connectivity index (χ4n) is 1.50. The zero-order chi connectivity index (χ0) is 11.4. The lowest BCUT2D eigenvalue weighted by molar-refractivity contribution is 0.628. The average Bonchev–Trinajstić information content (AvgIpc) is 2.48. The Morgan fingerprint density at radius 1 is 1.27 bits per heavy atom. The van der Waals surface area contributed by atoms with Crippen LogP contribution in [0.3, 0.4) is 0 Å². The third-order valence-corrected chi connectivity index (χ3v) is 3.63. The quantitative estimate of drug-likeness (QED) is 0.834. The van der Waals surface area contributed by atoms with Crippen LogP contribution in [0, 0.1) is 5.92 Å². The summed E-state index contributed by atoms with van der Waals surface area (Å²) in [6, 6.07) is 0. The predicted octanol–water partition coefficient (Wildman–Crippen LogP) is 3.18. The van der Waals surface area contributed by atoms with Gasteiger partial charge < -0.3 is 5.32 Å². The number of nitrogens with zero attached hydrogens (tertiary/aromatic N) is 1. The molecule has 1 aromatic heterocycles. The SMILES string of the molecule is CNCc1sc(C(C)C)nc1CC(C)C. The second-order valence-electron chi connectivity index (χ2n) is 4.70. The van der Waals surface area contributed by atoms with Crippen LogP contribution in [0.2, 0.25) is 0 Å². The van der Waals surface area contributed by atoms with E-state index in [1.807, 2.05) is 18.4 Å². The summed E-state index contributed by atoms with van der Waals surface area (Å²) in [5.74, 6) is 1.23. The molecule has 1 aromatic rings. The van der Waals surface area contributed by atoms with E-state index in [2.05, 4.69) is 33.0 Å². The monoisotopic (exact) mass is 226 g/mol. The van der Waals surface area contributed by atoms with Crippen molar-refractivity contribution in [3.63, 3.8) is 0 Å². The summed E-state index contributed by atoms with van der Waals surface area (Å²) in [5, 5.41) is 4.49. The number of rotatable bonds is 5. The van der Waals surface area contributed by atoms with E-state index in [9.17, 15) is 0 Å². The second kappa shape index (κ2) is 5.61. The van der Waals surface area contributed by atoms with Crippen molar-refractivity contribution in [2.45, 2.75) is 46.6 Å². The first-order valence-corrected chi connectivity index (χ1v) is 6.49. The smallest absolute Gasteiger partial charge is 0.0957 e. The predicted molar refractivity (Wildman–Crippen MR) is 67.5 cm³/mol. The molecule has 0 unspecified atom stereocenters. The molecule has 0 saturated heterocycles. The number of hydrogen-bond acceptors (Lipinski definition) is 3. The van der Waals surface area contributed by atoms with Crippen molar-refractivity contribution in [1.29, 1.82) is 0 Å². The van der Waals surface area contributed by atoms with E-state index >= 15 is 0 Å². The van der Waals surface area contributed by atoms with Crippen molar-refractivity contribution in [2.24, 2.45) is 5.92 Å². The third kappa shape index (κ3) is 3.58. The zero-order valence-electron chi connectivity index (χ0n) is 10.4. The van der Waals surface area contributed by atoms with Crippen molar-refractivity contribution >= 4 is 11.3 Å². The minimum atomic E-state index is 0.548. The molecule has 2 nitrogen and oxygen atoms in total. The van der Waals surface area contributed by atoms with Gasteiger partial charge in [0, 0.05) is 17.3 Å². The van der Waals surface area contributed by atoms with Gasteiger partial charge in [0.05, 0.1) is 10.7 Å². The summed E-state index contributed by atoms with van der Waals surface area (Å²) in [4.78, 5) is 6.16. The third-order valence-electron chi connectivity index (χ3n) is 2.23. The van der Waals surface area contributed by atoms with Gasteiger partial charge in [-0.05, 0) is 19.4 Å². The highest BCUT2D eigenvalue weighted by Crippen LogP contribution is 2.26. The average molecular weight is 226 g/mol. The Labute approximate surface area is 97.1 Å². The highest BCUT2D eigenvalue weighted by atomic mass is 32.1. The minimum Gasteiger partial charge on any atom is -0.315 e. The van der Waals surface area contributed by atoms with Gasteiger partial charge in [-0.3, -0.25) is 0 Å². The van der Waals surface area contributed by atoms with Crippen LogP contribution >= 0.6 is 11.3 Å². The first-order chi connectivity index (χ1) is 7.04. The Morgan fingerprint density at radius 3 is 2.40 bits per heavy atom. The fraction of sp³-hybridized carbons (Fsp3) is 0.750. The molecule has 0 aliphatic carbocycles. The van der Waals surface area contributed by atoms with Crippen LogP contribution in [0.25, 0.3) is 0 Å². The standard InChI is InChI=1S/C12H22N2S/c1-8(2)6-10-11(7-13-5)15-12(14-10)9(3)4/h8-9,13H,6-7H2,1-5H3. The van der Waals surface area contributed by atoms with Crippen molar-refractivity contribution in [2.75, 3.05) is 7.05 Å². The van der Waals surface area contributed by atoms with Gasteiger partial charge in [0.2, 0.25) is 0 Å². The molecule has 0 bridgehead atoms. The van der Waals surface area contributed by atoms with Gasteiger partial charge in [0.25, 0.3) is 0 Å². The van der Waals surface area contributed by atoms with E-state index < -0.39 is 0 Å². The van der Waals surface area contributed by atoms with Gasteiger partial charge in [0.15, 0.2) is 0 Å². The van der Waals surface area contributed by atoms with E-state index in [1.54, 1.807) is 0 Å². The lowest BCUT2D eigenvalue weighted by Gasteiger charge is -2.04. The number of thiazole rings is 1. The van der Waals surface area contributed by atoms with Crippen LogP contribution in [0.4, 0.5) is 0 Å². The molecule has 1 heterocycles. The van der Waals surface area contributed by atoms with Gasteiger partial charge in [0.1, 0.15) is 0 Å². The van der Waals surface area contributed by atoms with Gasteiger partial charge in [-0.1, -0.05) is 27.7 Å². The van der Waals surface area contributed by atoms with Crippen LogP contribution in [0.1, 0.15) is 49.2 Å². The lowest BCUT2D eigenvalue weighted by Crippen LogP contribution is -2.07.